The molecular weight excluding hydrogens is 350 g/mol. The van der Waals surface area contributed by atoms with E-state index in [2.05, 4.69) is 29.2 Å². The van der Waals surface area contributed by atoms with Crippen molar-refractivity contribution in [3.63, 3.8) is 0 Å². The van der Waals surface area contributed by atoms with Gasteiger partial charge in [-0.1, -0.05) is 19.1 Å². The molecule has 1 amide bonds. The number of carbonyl (C=O) groups excluding carboxylic acids is 1. The summed E-state index contributed by atoms with van der Waals surface area (Å²) < 4.78 is 0. The molecule has 0 saturated heterocycles. The molecule has 25 heavy (non-hydrogen) atoms. The first-order valence-electron chi connectivity index (χ1n) is 8.48. The van der Waals surface area contributed by atoms with Crippen molar-refractivity contribution in [2.75, 3.05) is 5.32 Å². The predicted molar refractivity (Wildman–Crippen MR) is 108 cm³/mol. The lowest BCUT2D eigenvalue weighted by atomic mass is 9.90. The van der Waals surface area contributed by atoms with Crippen molar-refractivity contribution in [3.05, 3.63) is 50.7 Å². The number of hydrogen-bond donors (Lipinski definition) is 3. The third-order valence-electron chi connectivity index (χ3n) is 4.48. The van der Waals surface area contributed by atoms with Crippen LogP contribution < -0.4 is 16.2 Å². The van der Waals surface area contributed by atoms with E-state index in [1.54, 1.807) is 11.3 Å². The van der Waals surface area contributed by atoms with Crippen molar-refractivity contribution in [1.82, 2.24) is 10.9 Å². The molecule has 0 fully saturated rings. The number of amides is 1. The van der Waals surface area contributed by atoms with Crippen molar-refractivity contribution < 1.29 is 4.79 Å². The Bertz CT molecular complexity index is 813. The van der Waals surface area contributed by atoms with E-state index in [0.29, 0.717) is 11.0 Å². The van der Waals surface area contributed by atoms with E-state index >= 15 is 0 Å². The Kier molecular flexibility index (Phi) is 5.39. The molecule has 6 heteroatoms. The molecule has 1 atom stereocenters. The van der Waals surface area contributed by atoms with Crippen LogP contribution in [0.4, 0.5) is 5.69 Å². The molecule has 1 aliphatic rings. The quantitative estimate of drug-likeness (QED) is 0.547. The second-order valence-electron chi connectivity index (χ2n) is 6.76. The number of aryl methyl sites for hydroxylation is 3. The molecule has 0 saturated carbocycles. The summed E-state index contributed by atoms with van der Waals surface area (Å²) in [7, 11) is 0. The van der Waals surface area contributed by atoms with Gasteiger partial charge < -0.3 is 5.32 Å². The molecule has 0 radical (unpaired) electrons. The summed E-state index contributed by atoms with van der Waals surface area (Å²) in [6.45, 7) is 6.31. The third-order valence-corrected chi connectivity index (χ3v) is 5.92. The van der Waals surface area contributed by atoms with Gasteiger partial charge in [0.25, 0.3) is 5.91 Å². The highest BCUT2D eigenvalue weighted by molar-refractivity contribution is 7.80. The predicted octanol–water partition coefficient (Wildman–Crippen LogP) is 4.12. The Hall–Kier alpha value is -1.92. The zero-order valence-corrected chi connectivity index (χ0v) is 16.4. The van der Waals surface area contributed by atoms with Crippen molar-refractivity contribution in [2.45, 2.75) is 40.0 Å². The van der Waals surface area contributed by atoms with Crippen LogP contribution in [0.25, 0.3) is 0 Å². The van der Waals surface area contributed by atoms with Gasteiger partial charge >= 0.3 is 0 Å². The summed E-state index contributed by atoms with van der Waals surface area (Å²) in [5.74, 6) is 0.558. The van der Waals surface area contributed by atoms with Crippen LogP contribution >= 0.6 is 23.6 Å². The average molecular weight is 374 g/mol. The molecule has 1 aromatic carbocycles. The molecule has 0 bridgehead atoms. The number of carbonyl (C=O) groups is 1. The van der Waals surface area contributed by atoms with Crippen LogP contribution in [0, 0.1) is 19.8 Å². The maximum Gasteiger partial charge on any atom is 0.279 e. The highest BCUT2D eigenvalue weighted by Gasteiger charge is 2.20. The van der Waals surface area contributed by atoms with Crippen LogP contribution in [-0.4, -0.2) is 11.0 Å². The molecule has 1 heterocycles. The minimum Gasteiger partial charge on any atom is -0.331 e. The number of nitrogens with one attached hydrogen (secondary N) is 3. The minimum atomic E-state index is -0.142. The van der Waals surface area contributed by atoms with E-state index in [0.717, 1.165) is 34.5 Å². The number of benzene rings is 1. The molecule has 4 nitrogen and oxygen atoms in total. The van der Waals surface area contributed by atoms with E-state index in [1.807, 2.05) is 32.0 Å². The number of hydrogen-bond acceptors (Lipinski definition) is 3. The average Bonchev–Trinajstić information content (AvgIpc) is 2.99. The summed E-state index contributed by atoms with van der Waals surface area (Å²) >= 11 is 6.87. The lowest BCUT2D eigenvalue weighted by molar-refractivity contribution is 0.0948. The summed E-state index contributed by atoms with van der Waals surface area (Å²) in [4.78, 5) is 14.5. The van der Waals surface area contributed by atoms with Gasteiger partial charge in [-0.3, -0.25) is 15.6 Å². The number of hydrazine groups is 1. The Morgan fingerprint density at radius 3 is 2.84 bits per heavy atom. The molecule has 0 unspecified atom stereocenters. The zero-order chi connectivity index (χ0) is 18.0. The van der Waals surface area contributed by atoms with E-state index in [9.17, 15) is 4.79 Å². The Balaban J connectivity index is 1.57. The summed E-state index contributed by atoms with van der Waals surface area (Å²) in [6.07, 6.45) is 3.35. The van der Waals surface area contributed by atoms with Crippen LogP contribution in [0.3, 0.4) is 0 Å². The van der Waals surface area contributed by atoms with Gasteiger partial charge in [0.2, 0.25) is 0 Å². The maximum absolute atomic E-state index is 12.4. The van der Waals surface area contributed by atoms with E-state index in [-0.39, 0.29) is 5.91 Å². The van der Waals surface area contributed by atoms with Gasteiger partial charge in [0.1, 0.15) is 0 Å². The second-order valence-corrected chi connectivity index (χ2v) is 8.30. The Morgan fingerprint density at radius 2 is 2.04 bits per heavy atom. The van der Waals surface area contributed by atoms with Crippen LogP contribution in [0.1, 0.15) is 44.6 Å². The lowest BCUT2D eigenvalue weighted by Crippen LogP contribution is -2.43. The fourth-order valence-electron chi connectivity index (χ4n) is 3.02. The number of thiocarbonyl (C=S) groups is 1. The maximum atomic E-state index is 12.4. The van der Waals surface area contributed by atoms with Crippen molar-refractivity contribution in [3.8, 4) is 0 Å². The first-order valence-corrected chi connectivity index (χ1v) is 9.71. The van der Waals surface area contributed by atoms with Crippen LogP contribution in [0.2, 0.25) is 0 Å². The molecule has 0 spiro atoms. The molecular formula is C19H23N3OS2. The largest absolute Gasteiger partial charge is 0.331 e. The Morgan fingerprint density at radius 1 is 1.24 bits per heavy atom. The lowest BCUT2D eigenvalue weighted by Gasteiger charge is -2.16. The topological polar surface area (TPSA) is 53.2 Å². The standard InChI is InChI=1S/C19H23N3OS2/c1-11-5-7-16-14(8-11)10-17(25-16)18(23)21-22-19(24)20-15-9-12(2)4-6-13(15)3/h4,6,9-11H,5,7-8H2,1-3H3,(H,21,23)(H2,20,22,24)/t11-/m0/s1. The first kappa shape index (κ1) is 17.9. The SMILES string of the molecule is Cc1ccc(C)c(NC(=S)NNC(=O)c2cc3c(s2)CC[C@H](C)C3)c1. The number of rotatable bonds is 2. The number of fused-ring (bicyclic) bond motifs is 1. The van der Waals surface area contributed by atoms with E-state index < -0.39 is 0 Å². The van der Waals surface area contributed by atoms with Crippen molar-refractivity contribution in [1.29, 1.82) is 0 Å². The van der Waals surface area contributed by atoms with Crippen LogP contribution in [0.5, 0.6) is 0 Å². The molecule has 3 N–H and O–H groups in total. The number of anilines is 1. The minimum absolute atomic E-state index is 0.142. The van der Waals surface area contributed by atoms with E-state index in [4.69, 9.17) is 12.2 Å². The monoisotopic (exact) mass is 373 g/mol. The van der Waals surface area contributed by atoms with Crippen LogP contribution in [-0.2, 0) is 12.8 Å². The zero-order valence-electron chi connectivity index (χ0n) is 14.7. The van der Waals surface area contributed by atoms with Gasteiger partial charge in [-0.05, 0) is 80.1 Å². The van der Waals surface area contributed by atoms with Gasteiger partial charge in [-0.25, -0.2) is 0 Å². The van der Waals surface area contributed by atoms with Crippen molar-refractivity contribution >= 4 is 40.3 Å². The summed E-state index contributed by atoms with van der Waals surface area (Å²) in [5, 5.41) is 3.49. The molecule has 1 aliphatic carbocycles. The van der Waals surface area contributed by atoms with Gasteiger partial charge in [-0.2, -0.15) is 0 Å². The smallest absolute Gasteiger partial charge is 0.279 e. The molecule has 2 aromatic rings. The summed E-state index contributed by atoms with van der Waals surface area (Å²) in [5.41, 5.74) is 9.99. The first-order chi connectivity index (χ1) is 11.9. The van der Waals surface area contributed by atoms with Crippen LogP contribution in [0.15, 0.2) is 24.3 Å². The second kappa shape index (κ2) is 7.54. The fraction of sp³-hybridized carbons (Fsp3) is 0.368. The molecule has 0 aliphatic heterocycles. The van der Waals surface area contributed by atoms with Gasteiger partial charge in [0.15, 0.2) is 5.11 Å². The fourth-order valence-corrected chi connectivity index (χ4v) is 4.28. The van der Waals surface area contributed by atoms with Crippen molar-refractivity contribution in [2.24, 2.45) is 5.92 Å². The number of thiophene rings is 1. The molecule has 132 valence electrons. The van der Waals surface area contributed by atoms with Gasteiger partial charge in [-0.15, -0.1) is 11.3 Å². The molecule has 1 aromatic heterocycles. The van der Waals surface area contributed by atoms with Gasteiger partial charge in [0.05, 0.1) is 4.88 Å². The summed E-state index contributed by atoms with van der Waals surface area (Å²) in [6, 6.07) is 8.14. The molecule has 3 rings (SSSR count). The highest BCUT2D eigenvalue weighted by Crippen LogP contribution is 2.32. The van der Waals surface area contributed by atoms with E-state index in [1.165, 1.54) is 16.9 Å². The third kappa shape index (κ3) is 4.38. The Labute approximate surface area is 158 Å². The highest BCUT2D eigenvalue weighted by atomic mass is 32.1. The normalized spacial score (nSPS) is 16.0. The van der Waals surface area contributed by atoms with Gasteiger partial charge in [0, 0.05) is 10.6 Å².